The standard InChI is InChI=1S/C6H10ClFO/c1-5(2-3-9)4-6(5,7)8/h9H,2-4H2,1H3. The van der Waals surface area contributed by atoms with Crippen LogP contribution in [0.15, 0.2) is 0 Å². The average molecular weight is 153 g/mol. The minimum atomic E-state index is -1.53. The van der Waals surface area contributed by atoms with Crippen LogP contribution in [-0.2, 0) is 0 Å². The molecular weight excluding hydrogens is 143 g/mol. The molecule has 1 N–H and O–H groups in total. The fourth-order valence-corrected chi connectivity index (χ4v) is 1.35. The maximum atomic E-state index is 12.7. The van der Waals surface area contributed by atoms with E-state index in [0.717, 1.165) is 0 Å². The smallest absolute Gasteiger partial charge is 0.189 e. The molecule has 1 rings (SSSR count). The highest BCUT2D eigenvalue weighted by molar-refractivity contribution is 6.25. The van der Waals surface area contributed by atoms with Crippen molar-refractivity contribution in [3.63, 3.8) is 0 Å². The molecule has 9 heavy (non-hydrogen) atoms. The van der Waals surface area contributed by atoms with E-state index >= 15 is 0 Å². The predicted octanol–water partition coefficient (Wildman–Crippen LogP) is 1.68. The molecule has 0 amide bonds. The van der Waals surface area contributed by atoms with Gasteiger partial charge in [0, 0.05) is 18.4 Å². The Morgan fingerprint density at radius 3 is 2.33 bits per heavy atom. The van der Waals surface area contributed by atoms with Crippen molar-refractivity contribution in [3.8, 4) is 0 Å². The van der Waals surface area contributed by atoms with Crippen LogP contribution in [0.2, 0.25) is 0 Å². The molecule has 1 saturated carbocycles. The van der Waals surface area contributed by atoms with Gasteiger partial charge in [-0.3, -0.25) is 0 Å². The summed E-state index contributed by atoms with van der Waals surface area (Å²) in [6.45, 7) is 1.77. The Bertz CT molecular complexity index is 126. The Kier molecular flexibility index (Phi) is 1.48. The van der Waals surface area contributed by atoms with Gasteiger partial charge < -0.3 is 5.11 Å². The molecular formula is C6H10ClFO. The Morgan fingerprint density at radius 1 is 1.78 bits per heavy atom. The number of hydrogen-bond acceptors (Lipinski definition) is 1. The van der Waals surface area contributed by atoms with Crippen molar-refractivity contribution in [2.24, 2.45) is 5.41 Å². The summed E-state index contributed by atoms with van der Waals surface area (Å²) in [5, 5.41) is 6.92. The van der Waals surface area contributed by atoms with Crippen molar-refractivity contribution in [2.75, 3.05) is 6.61 Å². The van der Waals surface area contributed by atoms with Crippen LogP contribution in [0.1, 0.15) is 19.8 Å². The van der Waals surface area contributed by atoms with Crippen LogP contribution >= 0.6 is 11.6 Å². The molecule has 54 valence electrons. The summed E-state index contributed by atoms with van der Waals surface area (Å²) in [5.74, 6) is 0. The topological polar surface area (TPSA) is 20.2 Å². The molecule has 1 aliphatic rings. The lowest BCUT2D eigenvalue weighted by atomic mass is 10.1. The summed E-state index contributed by atoms with van der Waals surface area (Å²) in [4.78, 5) is 0. The van der Waals surface area contributed by atoms with Crippen LogP contribution in [0.5, 0.6) is 0 Å². The van der Waals surface area contributed by atoms with E-state index in [1.807, 2.05) is 0 Å². The largest absolute Gasteiger partial charge is 0.396 e. The number of aliphatic hydroxyl groups is 1. The van der Waals surface area contributed by atoms with E-state index in [2.05, 4.69) is 0 Å². The molecule has 2 atom stereocenters. The number of hydrogen-bond donors (Lipinski definition) is 1. The zero-order valence-corrected chi connectivity index (χ0v) is 6.08. The van der Waals surface area contributed by atoms with E-state index in [9.17, 15) is 4.39 Å². The van der Waals surface area contributed by atoms with Crippen molar-refractivity contribution in [2.45, 2.75) is 24.9 Å². The Labute approximate surface area is 58.8 Å². The highest BCUT2D eigenvalue weighted by atomic mass is 35.5. The normalized spacial score (nSPS) is 49.3. The Balaban J connectivity index is 2.42. The molecule has 0 spiro atoms. The van der Waals surface area contributed by atoms with Crippen molar-refractivity contribution < 1.29 is 9.50 Å². The van der Waals surface area contributed by atoms with E-state index in [0.29, 0.717) is 12.8 Å². The van der Waals surface area contributed by atoms with Gasteiger partial charge in [-0.05, 0) is 6.42 Å². The number of halogens is 2. The number of rotatable bonds is 2. The maximum Gasteiger partial charge on any atom is 0.189 e. The van der Waals surface area contributed by atoms with Crippen molar-refractivity contribution in [3.05, 3.63) is 0 Å². The molecule has 0 aliphatic heterocycles. The summed E-state index contributed by atoms with van der Waals surface area (Å²) < 4.78 is 12.7. The van der Waals surface area contributed by atoms with Gasteiger partial charge in [-0.25, -0.2) is 4.39 Å². The van der Waals surface area contributed by atoms with Gasteiger partial charge in [0.15, 0.2) is 5.13 Å². The van der Waals surface area contributed by atoms with Crippen molar-refractivity contribution >= 4 is 11.6 Å². The van der Waals surface area contributed by atoms with Crippen LogP contribution in [0.3, 0.4) is 0 Å². The molecule has 1 aliphatic carbocycles. The van der Waals surface area contributed by atoms with Gasteiger partial charge >= 0.3 is 0 Å². The molecule has 2 unspecified atom stereocenters. The molecule has 0 saturated heterocycles. The van der Waals surface area contributed by atoms with E-state index in [4.69, 9.17) is 16.7 Å². The lowest BCUT2D eigenvalue weighted by molar-refractivity contribution is 0.228. The quantitative estimate of drug-likeness (QED) is 0.597. The van der Waals surface area contributed by atoms with Crippen LogP contribution in [0, 0.1) is 5.41 Å². The summed E-state index contributed by atoms with van der Waals surface area (Å²) >= 11 is 5.35. The summed E-state index contributed by atoms with van der Waals surface area (Å²) in [7, 11) is 0. The molecule has 1 nitrogen and oxygen atoms in total. The number of aliphatic hydroxyl groups excluding tert-OH is 1. The second kappa shape index (κ2) is 1.83. The zero-order valence-electron chi connectivity index (χ0n) is 5.32. The van der Waals surface area contributed by atoms with Gasteiger partial charge in [0.1, 0.15) is 0 Å². The second-order valence-electron chi connectivity index (χ2n) is 2.92. The van der Waals surface area contributed by atoms with Crippen LogP contribution in [0.25, 0.3) is 0 Å². The lowest BCUT2D eigenvalue weighted by Gasteiger charge is -2.06. The molecule has 1 fully saturated rings. The summed E-state index contributed by atoms with van der Waals surface area (Å²) in [6, 6.07) is 0. The van der Waals surface area contributed by atoms with Gasteiger partial charge in [-0.1, -0.05) is 18.5 Å². The van der Waals surface area contributed by atoms with Crippen LogP contribution in [-0.4, -0.2) is 16.8 Å². The van der Waals surface area contributed by atoms with Gasteiger partial charge in [0.05, 0.1) is 0 Å². The Hall–Kier alpha value is 0.180. The van der Waals surface area contributed by atoms with E-state index in [1.54, 1.807) is 6.92 Å². The van der Waals surface area contributed by atoms with Gasteiger partial charge in [0.2, 0.25) is 0 Å². The van der Waals surface area contributed by atoms with Crippen LogP contribution < -0.4 is 0 Å². The van der Waals surface area contributed by atoms with E-state index in [-0.39, 0.29) is 6.61 Å². The first-order valence-electron chi connectivity index (χ1n) is 3.00. The predicted molar refractivity (Wildman–Crippen MR) is 34.1 cm³/mol. The minimum Gasteiger partial charge on any atom is -0.396 e. The Morgan fingerprint density at radius 2 is 2.22 bits per heavy atom. The zero-order chi connectivity index (χ0) is 7.12. The molecule has 0 aromatic carbocycles. The average Bonchev–Trinajstić information content (AvgIpc) is 2.07. The van der Waals surface area contributed by atoms with Crippen molar-refractivity contribution in [1.29, 1.82) is 0 Å². The molecule has 0 radical (unpaired) electrons. The van der Waals surface area contributed by atoms with E-state index < -0.39 is 10.5 Å². The lowest BCUT2D eigenvalue weighted by Crippen LogP contribution is -2.06. The third kappa shape index (κ3) is 1.06. The first kappa shape index (κ1) is 7.29. The van der Waals surface area contributed by atoms with Crippen molar-refractivity contribution in [1.82, 2.24) is 0 Å². The SMILES string of the molecule is CC1(CCO)CC1(F)Cl. The van der Waals surface area contributed by atoms with E-state index in [1.165, 1.54) is 0 Å². The molecule has 0 aromatic heterocycles. The third-order valence-electron chi connectivity index (χ3n) is 2.03. The number of alkyl halides is 2. The van der Waals surface area contributed by atoms with Gasteiger partial charge in [-0.2, -0.15) is 0 Å². The molecule has 3 heteroatoms. The minimum absolute atomic E-state index is 0.0227. The highest BCUT2D eigenvalue weighted by Crippen LogP contribution is 2.63. The van der Waals surface area contributed by atoms with Gasteiger partial charge in [0.25, 0.3) is 0 Å². The van der Waals surface area contributed by atoms with Crippen LogP contribution in [0.4, 0.5) is 4.39 Å². The maximum absolute atomic E-state index is 12.7. The first-order chi connectivity index (χ1) is 4.02. The fourth-order valence-electron chi connectivity index (χ4n) is 0.964. The molecule has 0 bridgehead atoms. The highest BCUT2D eigenvalue weighted by Gasteiger charge is 2.64. The summed E-state index contributed by atoms with van der Waals surface area (Å²) in [6.07, 6.45) is 0.842. The fraction of sp³-hybridized carbons (Fsp3) is 1.00. The summed E-state index contributed by atoms with van der Waals surface area (Å²) in [5.41, 5.74) is -0.455. The molecule has 0 aromatic rings. The molecule has 0 heterocycles. The monoisotopic (exact) mass is 152 g/mol. The van der Waals surface area contributed by atoms with Gasteiger partial charge in [-0.15, -0.1) is 0 Å². The second-order valence-corrected chi connectivity index (χ2v) is 3.51. The first-order valence-corrected chi connectivity index (χ1v) is 3.38. The third-order valence-corrected chi connectivity index (χ3v) is 2.62.